The predicted octanol–water partition coefficient (Wildman–Crippen LogP) is 2.64. The van der Waals surface area contributed by atoms with Gasteiger partial charge in [-0.2, -0.15) is 0 Å². The zero-order chi connectivity index (χ0) is 20.0. The Morgan fingerprint density at radius 3 is 2.52 bits per heavy atom. The normalized spacial score (nSPS) is 11.7. The van der Waals surface area contributed by atoms with Gasteiger partial charge in [0.05, 0.1) is 30.7 Å². The first kappa shape index (κ1) is 20.2. The van der Waals surface area contributed by atoms with Crippen LogP contribution in [0.2, 0.25) is 0 Å². The van der Waals surface area contributed by atoms with Gasteiger partial charge in [0.2, 0.25) is 0 Å². The molecule has 0 heterocycles. The number of benzene rings is 2. The van der Waals surface area contributed by atoms with Crippen molar-refractivity contribution in [2.45, 2.75) is 6.04 Å². The fourth-order valence-electron chi connectivity index (χ4n) is 2.72. The number of ether oxygens (including phenoxy) is 2. The maximum atomic E-state index is 12.6. The Balaban J connectivity index is 2.21. The van der Waals surface area contributed by atoms with Crippen molar-refractivity contribution in [1.29, 1.82) is 0 Å². The van der Waals surface area contributed by atoms with E-state index in [0.29, 0.717) is 6.54 Å². The quantitative estimate of drug-likeness (QED) is 0.565. The number of methoxy groups -OCH3 is 2. The number of carbonyl (C=O) groups excluding carboxylic acids is 1. The number of hydrogen-bond acceptors (Lipinski definition) is 6. The van der Waals surface area contributed by atoms with Crippen LogP contribution >= 0.6 is 0 Å². The number of hydrogen-bond donors (Lipinski definition) is 1. The number of carbonyl (C=O) groups is 1. The van der Waals surface area contributed by atoms with E-state index in [0.717, 1.165) is 11.3 Å². The third-order valence-electron chi connectivity index (χ3n) is 4.20. The average Bonchev–Trinajstić information content (AvgIpc) is 2.67. The molecule has 0 bridgehead atoms. The third-order valence-corrected chi connectivity index (χ3v) is 4.20. The standard InChI is InChI=1S/C19H23N3O5/c1-21(2)17(13-6-5-7-15(10-13)26-3)12-20-19(23)16-11-14(22(24)25)8-9-18(16)27-4/h5-11,17H,12H2,1-4H3,(H,20,23). The fourth-order valence-corrected chi connectivity index (χ4v) is 2.72. The van der Waals surface area contributed by atoms with Gasteiger partial charge in [0.15, 0.2) is 0 Å². The fraction of sp³-hybridized carbons (Fsp3) is 0.316. The molecule has 2 aromatic carbocycles. The SMILES string of the molecule is COc1cccc(C(CNC(=O)c2cc([N+](=O)[O-])ccc2OC)N(C)C)c1. The summed E-state index contributed by atoms with van der Waals surface area (Å²) in [6, 6.07) is 11.4. The number of rotatable bonds is 8. The van der Waals surface area contributed by atoms with E-state index in [1.54, 1.807) is 7.11 Å². The molecule has 0 aliphatic heterocycles. The van der Waals surface area contributed by atoms with Crippen molar-refractivity contribution in [3.05, 3.63) is 63.7 Å². The first-order valence-corrected chi connectivity index (χ1v) is 8.28. The Kier molecular flexibility index (Phi) is 6.73. The van der Waals surface area contributed by atoms with E-state index in [-0.39, 0.29) is 23.0 Å². The number of nitro benzene ring substituents is 1. The summed E-state index contributed by atoms with van der Waals surface area (Å²) in [5, 5.41) is 13.8. The number of nitrogens with one attached hydrogen (secondary N) is 1. The van der Waals surface area contributed by atoms with Gasteiger partial charge in [-0.25, -0.2) is 0 Å². The first-order valence-electron chi connectivity index (χ1n) is 8.28. The van der Waals surface area contributed by atoms with Crippen LogP contribution in [0.3, 0.4) is 0 Å². The molecule has 8 heteroatoms. The maximum absolute atomic E-state index is 12.6. The first-order chi connectivity index (χ1) is 12.9. The van der Waals surface area contributed by atoms with E-state index < -0.39 is 10.8 Å². The lowest BCUT2D eigenvalue weighted by atomic mass is 10.1. The summed E-state index contributed by atoms with van der Waals surface area (Å²) in [5.41, 5.74) is 0.929. The van der Waals surface area contributed by atoms with Gasteiger partial charge < -0.3 is 19.7 Å². The molecule has 27 heavy (non-hydrogen) atoms. The highest BCUT2D eigenvalue weighted by molar-refractivity contribution is 5.97. The molecule has 1 unspecified atom stereocenters. The lowest BCUT2D eigenvalue weighted by molar-refractivity contribution is -0.384. The van der Waals surface area contributed by atoms with Crippen molar-refractivity contribution in [1.82, 2.24) is 10.2 Å². The maximum Gasteiger partial charge on any atom is 0.270 e. The number of likely N-dealkylation sites (N-methyl/N-ethyl adjacent to an activating group) is 1. The van der Waals surface area contributed by atoms with Gasteiger partial charge in [0.25, 0.3) is 11.6 Å². The lowest BCUT2D eigenvalue weighted by Gasteiger charge is -2.25. The monoisotopic (exact) mass is 373 g/mol. The topological polar surface area (TPSA) is 93.9 Å². The molecule has 1 amide bonds. The summed E-state index contributed by atoms with van der Waals surface area (Å²) in [7, 11) is 6.82. The lowest BCUT2D eigenvalue weighted by Crippen LogP contribution is -2.34. The number of non-ortho nitro benzene ring substituents is 1. The molecule has 8 nitrogen and oxygen atoms in total. The molecule has 0 aliphatic rings. The van der Waals surface area contributed by atoms with Crippen molar-refractivity contribution >= 4 is 11.6 Å². The van der Waals surface area contributed by atoms with E-state index in [2.05, 4.69) is 5.32 Å². The second kappa shape index (κ2) is 9.00. The molecule has 144 valence electrons. The summed E-state index contributed by atoms with van der Waals surface area (Å²) in [4.78, 5) is 25.0. The van der Waals surface area contributed by atoms with Crippen LogP contribution in [0.5, 0.6) is 11.5 Å². The van der Waals surface area contributed by atoms with E-state index in [4.69, 9.17) is 9.47 Å². The molecular weight excluding hydrogens is 350 g/mol. The van der Waals surface area contributed by atoms with Crippen LogP contribution in [0.25, 0.3) is 0 Å². The highest BCUT2D eigenvalue weighted by atomic mass is 16.6. The van der Waals surface area contributed by atoms with Gasteiger partial charge in [-0.15, -0.1) is 0 Å². The molecule has 0 aromatic heterocycles. The van der Waals surface area contributed by atoms with E-state index in [9.17, 15) is 14.9 Å². The largest absolute Gasteiger partial charge is 0.497 e. The van der Waals surface area contributed by atoms with Gasteiger partial charge >= 0.3 is 0 Å². The molecule has 0 fully saturated rings. The predicted molar refractivity (Wildman–Crippen MR) is 101 cm³/mol. The van der Waals surface area contributed by atoms with Gasteiger partial charge in [-0.1, -0.05) is 12.1 Å². The molecule has 0 saturated heterocycles. The van der Waals surface area contributed by atoms with Gasteiger partial charge in [0.1, 0.15) is 11.5 Å². The Morgan fingerprint density at radius 1 is 1.19 bits per heavy atom. The molecule has 0 aliphatic carbocycles. The van der Waals surface area contributed by atoms with E-state index in [1.807, 2.05) is 43.3 Å². The molecular formula is C19H23N3O5. The summed E-state index contributed by atoms with van der Waals surface area (Å²) >= 11 is 0. The van der Waals surface area contributed by atoms with Crippen LogP contribution < -0.4 is 14.8 Å². The molecule has 0 saturated carbocycles. The minimum Gasteiger partial charge on any atom is -0.497 e. The van der Waals surface area contributed by atoms with Crippen LogP contribution in [-0.2, 0) is 0 Å². The second-order valence-electron chi connectivity index (χ2n) is 6.11. The van der Waals surface area contributed by atoms with E-state index >= 15 is 0 Å². The van der Waals surface area contributed by atoms with Crippen molar-refractivity contribution in [3.63, 3.8) is 0 Å². The molecule has 1 N–H and O–H groups in total. The van der Waals surface area contributed by atoms with E-state index in [1.165, 1.54) is 25.3 Å². The van der Waals surface area contributed by atoms with Crippen molar-refractivity contribution in [3.8, 4) is 11.5 Å². The molecule has 2 rings (SSSR count). The number of nitrogens with zero attached hydrogens (tertiary/aromatic N) is 2. The Hall–Kier alpha value is -3.13. The van der Waals surface area contributed by atoms with Gasteiger partial charge in [-0.05, 0) is 37.9 Å². The van der Waals surface area contributed by atoms with Crippen LogP contribution in [-0.4, -0.2) is 50.6 Å². The summed E-state index contributed by atoms with van der Waals surface area (Å²) in [6.45, 7) is 0.310. The van der Waals surface area contributed by atoms with Gasteiger partial charge in [0, 0.05) is 18.7 Å². The Morgan fingerprint density at radius 2 is 1.93 bits per heavy atom. The highest BCUT2D eigenvalue weighted by Gasteiger charge is 2.20. The molecule has 0 spiro atoms. The molecule has 0 radical (unpaired) electrons. The van der Waals surface area contributed by atoms with Crippen LogP contribution in [0.4, 0.5) is 5.69 Å². The van der Waals surface area contributed by atoms with Gasteiger partial charge in [-0.3, -0.25) is 14.9 Å². The minimum absolute atomic E-state index is 0.103. The Bertz CT molecular complexity index is 823. The number of nitro groups is 1. The zero-order valence-electron chi connectivity index (χ0n) is 15.8. The summed E-state index contributed by atoms with van der Waals surface area (Å²) in [6.07, 6.45) is 0. The minimum atomic E-state index is -0.547. The van der Waals surface area contributed by atoms with Crippen LogP contribution in [0, 0.1) is 10.1 Å². The number of amides is 1. The summed E-state index contributed by atoms with van der Waals surface area (Å²) < 4.78 is 10.4. The molecule has 2 aromatic rings. The Labute approximate surface area is 157 Å². The second-order valence-corrected chi connectivity index (χ2v) is 6.11. The van der Waals surface area contributed by atoms with Crippen molar-refractivity contribution in [2.24, 2.45) is 0 Å². The summed E-state index contributed by atoms with van der Waals surface area (Å²) in [5.74, 6) is 0.567. The third kappa shape index (κ3) is 4.95. The smallest absolute Gasteiger partial charge is 0.270 e. The average molecular weight is 373 g/mol. The van der Waals surface area contributed by atoms with Crippen LogP contribution in [0.15, 0.2) is 42.5 Å². The van der Waals surface area contributed by atoms with Crippen molar-refractivity contribution in [2.75, 3.05) is 34.9 Å². The highest BCUT2D eigenvalue weighted by Crippen LogP contribution is 2.25. The van der Waals surface area contributed by atoms with Crippen LogP contribution in [0.1, 0.15) is 22.0 Å². The molecule has 1 atom stereocenters. The zero-order valence-corrected chi connectivity index (χ0v) is 15.8. The van der Waals surface area contributed by atoms with Crippen molar-refractivity contribution < 1.29 is 19.2 Å².